The van der Waals surface area contributed by atoms with Crippen LogP contribution in [0.15, 0.2) is 119 Å². The molecule has 0 fully saturated rings. The predicted octanol–water partition coefficient (Wildman–Crippen LogP) is 4.00. The molecule has 13 nitrogen and oxygen atoms in total. The second-order valence-corrected chi connectivity index (χ2v) is 11.5. The Labute approximate surface area is 286 Å². The molecule has 1 aromatic heterocycles. The molecule has 0 aliphatic heterocycles. The third-order valence-corrected chi connectivity index (χ3v) is 8.33. The number of nitrogens with one attached hydrogen (secondary N) is 2. The van der Waals surface area contributed by atoms with Crippen molar-refractivity contribution >= 4 is 11.6 Å². The van der Waals surface area contributed by atoms with Crippen LogP contribution in [0.5, 0.6) is 11.5 Å². The average Bonchev–Trinajstić information content (AvgIpc) is 3.14. The number of aromatic amines is 1. The normalized spacial score (nSPS) is 12.5. The van der Waals surface area contributed by atoms with Crippen LogP contribution in [0.25, 0.3) is 0 Å². The van der Waals surface area contributed by atoms with Gasteiger partial charge in [-0.25, -0.2) is 4.79 Å². The molecule has 0 radical (unpaired) electrons. The highest BCUT2D eigenvalue weighted by Gasteiger charge is 2.39. The highest BCUT2D eigenvalue weighted by Crippen LogP contribution is 2.42. The first-order valence-electron chi connectivity index (χ1n) is 15.6. The van der Waals surface area contributed by atoms with Crippen molar-refractivity contribution in [1.29, 1.82) is 0 Å². The van der Waals surface area contributed by atoms with Crippen molar-refractivity contribution in [3.8, 4) is 11.5 Å². The summed E-state index contributed by atoms with van der Waals surface area (Å²) in [6.45, 7) is 0.750. The zero-order valence-electron chi connectivity index (χ0n) is 27.6. The molecule has 258 valence electrons. The van der Waals surface area contributed by atoms with Crippen molar-refractivity contribution in [2.45, 2.75) is 31.2 Å². The Hall–Kier alpha value is -6.05. The Bertz CT molecular complexity index is 2000. The maximum atomic E-state index is 13.5. The van der Waals surface area contributed by atoms with Gasteiger partial charge in [0.05, 0.1) is 31.8 Å². The maximum Gasteiger partial charge on any atom is 0.328 e. The van der Waals surface area contributed by atoms with E-state index in [-0.39, 0.29) is 23.4 Å². The zero-order valence-corrected chi connectivity index (χ0v) is 27.6. The number of aliphatic hydroxyl groups excluding tert-OH is 1. The lowest BCUT2D eigenvalue weighted by atomic mass is 9.80. The summed E-state index contributed by atoms with van der Waals surface area (Å²) in [5, 5.41) is 25.8. The number of carbonyl (C=O) groups is 1. The number of non-ortho nitro benzene ring substituents is 1. The smallest absolute Gasteiger partial charge is 0.328 e. The van der Waals surface area contributed by atoms with Crippen molar-refractivity contribution in [2.24, 2.45) is 0 Å². The van der Waals surface area contributed by atoms with Crippen molar-refractivity contribution < 1.29 is 29.0 Å². The van der Waals surface area contributed by atoms with E-state index in [0.29, 0.717) is 22.6 Å². The van der Waals surface area contributed by atoms with E-state index < -0.39 is 46.4 Å². The third kappa shape index (κ3) is 7.64. The van der Waals surface area contributed by atoms with E-state index in [2.05, 4.69) is 10.3 Å². The molecule has 0 saturated heterocycles. The van der Waals surface area contributed by atoms with Crippen LogP contribution in [-0.4, -0.2) is 52.4 Å². The summed E-state index contributed by atoms with van der Waals surface area (Å²) in [6.07, 6.45) is -0.138. The first kappa shape index (κ1) is 35.3. The van der Waals surface area contributed by atoms with Gasteiger partial charge in [-0.2, -0.15) is 0 Å². The van der Waals surface area contributed by atoms with Gasteiger partial charge in [-0.05, 0) is 65.6 Å². The molecule has 5 rings (SSSR count). The van der Waals surface area contributed by atoms with Crippen molar-refractivity contribution in [1.82, 2.24) is 14.9 Å². The second-order valence-electron chi connectivity index (χ2n) is 11.5. The van der Waals surface area contributed by atoms with Crippen molar-refractivity contribution in [3.05, 3.63) is 168 Å². The summed E-state index contributed by atoms with van der Waals surface area (Å²) in [5.74, 6) is 0.584. The lowest BCUT2D eigenvalue weighted by Gasteiger charge is -2.38. The molecule has 0 aliphatic rings. The van der Waals surface area contributed by atoms with Crippen LogP contribution < -0.4 is 26.0 Å². The van der Waals surface area contributed by atoms with E-state index >= 15 is 0 Å². The molecule has 1 amide bonds. The van der Waals surface area contributed by atoms with Crippen LogP contribution in [0.4, 0.5) is 5.69 Å². The van der Waals surface area contributed by atoms with Gasteiger partial charge in [0.25, 0.3) is 11.2 Å². The molecule has 0 unspecified atom stereocenters. The molecule has 0 aliphatic carbocycles. The number of rotatable bonds is 14. The number of aromatic nitrogens is 2. The molecule has 13 heteroatoms. The van der Waals surface area contributed by atoms with Gasteiger partial charge in [0.1, 0.15) is 29.7 Å². The first-order chi connectivity index (χ1) is 24.0. The Balaban J connectivity index is 1.59. The highest BCUT2D eigenvalue weighted by molar-refractivity contribution is 5.76. The van der Waals surface area contributed by atoms with E-state index in [1.54, 1.807) is 38.5 Å². The first-order valence-corrected chi connectivity index (χ1v) is 15.6. The van der Waals surface area contributed by atoms with Crippen LogP contribution in [0, 0.1) is 17.0 Å². The van der Waals surface area contributed by atoms with Gasteiger partial charge >= 0.3 is 5.69 Å². The van der Waals surface area contributed by atoms with Crippen molar-refractivity contribution in [2.75, 3.05) is 20.8 Å². The van der Waals surface area contributed by atoms with E-state index in [9.17, 15) is 29.6 Å². The molecule has 2 atom stereocenters. The van der Waals surface area contributed by atoms with Gasteiger partial charge < -0.3 is 24.6 Å². The fourth-order valence-corrected chi connectivity index (χ4v) is 5.67. The molecule has 50 heavy (non-hydrogen) atoms. The molecule has 1 heterocycles. The number of carbonyl (C=O) groups excluding carboxylic acids is 1. The lowest BCUT2D eigenvalue weighted by Crippen LogP contribution is -2.47. The van der Waals surface area contributed by atoms with E-state index in [0.717, 1.165) is 10.1 Å². The Morgan fingerprint density at radius 2 is 1.42 bits per heavy atom. The van der Waals surface area contributed by atoms with Crippen LogP contribution in [0.2, 0.25) is 0 Å². The summed E-state index contributed by atoms with van der Waals surface area (Å²) in [4.78, 5) is 50.7. The average molecular weight is 681 g/mol. The van der Waals surface area contributed by atoms with E-state index in [1.165, 1.54) is 37.4 Å². The minimum absolute atomic E-state index is 0.173. The zero-order chi connectivity index (χ0) is 35.8. The number of methoxy groups -OCH3 is 2. The van der Waals surface area contributed by atoms with Gasteiger partial charge in [-0.1, -0.05) is 54.6 Å². The number of benzene rings is 4. The van der Waals surface area contributed by atoms with Gasteiger partial charge in [0, 0.05) is 23.9 Å². The quantitative estimate of drug-likeness (QED) is 0.0890. The summed E-state index contributed by atoms with van der Waals surface area (Å²) in [6, 6.07) is 28.2. The number of hydrogen-bond acceptors (Lipinski definition) is 9. The highest BCUT2D eigenvalue weighted by atomic mass is 16.6. The number of hydrogen-bond donors (Lipinski definition) is 3. The van der Waals surface area contributed by atoms with Crippen LogP contribution in [-0.2, 0) is 21.7 Å². The minimum atomic E-state index is -1.41. The monoisotopic (exact) mass is 680 g/mol. The molecule has 4 aromatic carbocycles. The van der Waals surface area contributed by atoms with Gasteiger partial charge in [0.15, 0.2) is 0 Å². The molecule has 5 aromatic rings. The number of nitro benzene ring substituents is 1. The lowest BCUT2D eigenvalue weighted by molar-refractivity contribution is -0.384. The number of aryl methyl sites for hydroxylation is 1. The van der Waals surface area contributed by atoms with Crippen LogP contribution >= 0.6 is 0 Å². The molecular formula is C37H36N4O9. The standard InChI is InChI=1S/C37H36N4O9/c1-24-21-40(36(45)39-35(24)44)22-33(42)38-32(34(43)25-9-15-29(16-10-25)41(46)47)23-50-37(26-7-5-4-6-8-26,27-11-17-30(48-2)18-12-27)28-13-19-31(49-3)20-14-28/h4-21,32,34,43H,22-23H2,1-3H3,(H,38,42)(H,39,44,45)/t32-,34-/m1/s1. The van der Waals surface area contributed by atoms with Gasteiger partial charge in [0.2, 0.25) is 5.91 Å². The molecule has 0 spiro atoms. The van der Waals surface area contributed by atoms with Gasteiger partial charge in [-0.15, -0.1) is 0 Å². The van der Waals surface area contributed by atoms with Crippen LogP contribution in [0.3, 0.4) is 0 Å². The SMILES string of the molecule is COc1ccc(C(OC[C@@H](NC(=O)Cn2cc(C)c(=O)[nH]c2=O)[C@H](O)c2ccc([N+](=O)[O-])cc2)(c2ccccc2)c2ccc(OC)cc2)cc1. The summed E-state index contributed by atoms with van der Waals surface area (Å²) >= 11 is 0. The number of ether oxygens (including phenoxy) is 3. The number of nitro groups is 1. The Morgan fingerprint density at radius 3 is 1.94 bits per heavy atom. The number of H-pyrrole nitrogens is 1. The third-order valence-electron chi connectivity index (χ3n) is 8.33. The Morgan fingerprint density at radius 1 is 0.880 bits per heavy atom. The topological polar surface area (TPSA) is 175 Å². The maximum absolute atomic E-state index is 13.5. The Kier molecular flexibility index (Phi) is 10.9. The second kappa shape index (κ2) is 15.4. The molecule has 0 saturated carbocycles. The van der Waals surface area contributed by atoms with Gasteiger partial charge in [-0.3, -0.25) is 29.3 Å². The summed E-state index contributed by atoms with van der Waals surface area (Å²) < 4.78 is 18.8. The molecule has 3 N–H and O–H groups in total. The largest absolute Gasteiger partial charge is 0.497 e. The fraction of sp³-hybridized carbons (Fsp3) is 0.216. The van der Waals surface area contributed by atoms with Crippen molar-refractivity contribution in [3.63, 3.8) is 0 Å². The van der Waals surface area contributed by atoms with E-state index in [4.69, 9.17) is 14.2 Å². The number of aliphatic hydroxyl groups is 1. The van der Waals surface area contributed by atoms with E-state index in [1.807, 2.05) is 54.6 Å². The predicted molar refractivity (Wildman–Crippen MR) is 184 cm³/mol. The number of nitrogens with zero attached hydrogens (tertiary/aromatic N) is 2. The molecular weight excluding hydrogens is 644 g/mol. The number of amides is 1. The summed E-state index contributed by atoms with van der Waals surface area (Å²) in [5.41, 5.74) is -0.156. The fourth-order valence-electron chi connectivity index (χ4n) is 5.67. The van der Waals surface area contributed by atoms with Crippen LogP contribution in [0.1, 0.15) is 33.9 Å². The summed E-state index contributed by atoms with van der Waals surface area (Å²) in [7, 11) is 3.13. The molecule has 0 bridgehead atoms. The minimum Gasteiger partial charge on any atom is -0.497 e.